The van der Waals surface area contributed by atoms with Gasteiger partial charge in [-0.05, 0) is 56.1 Å². The number of thioether (sulfide) groups is 1. The van der Waals surface area contributed by atoms with Crippen LogP contribution in [-0.4, -0.2) is 26.7 Å². The molecule has 136 valence electrons. The molecule has 2 aromatic heterocycles. The second-order valence-corrected chi connectivity index (χ2v) is 8.25. The molecule has 0 aromatic carbocycles. The van der Waals surface area contributed by atoms with Gasteiger partial charge in [0, 0.05) is 34.5 Å². The molecule has 0 amide bonds. The summed E-state index contributed by atoms with van der Waals surface area (Å²) in [7, 11) is 0. The molecule has 2 aliphatic rings. The molecule has 0 saturated heterocycles. The number of nitrogens with zero attached hydrogens (tertiary/aromatic N) is 3. The third kappa shape index (κ3) is 3.29. The van der Waals surface area contributed by atoms with E-state index in [1.807, 2.05) is 30.8 Å². The van der Waals surface area contributed by atoms with E-state index in [-0.39, 0.29) is 12.1 Å². The maximum absolute atomic E-state index is 6.46. The van der Waals surface area contributed by atoms with Crippen molar-refractivity contribution in [1.82, 2.24) is 15.0 Å². The van der Waals surface area contributed by atoms with Crippen LogP contribution in [0, 0.1) is 0 Å². The summed E-state index contributed by atoms with van der Waals surface area (Å²) in [5, 5.41) is 0. The topological polar surface area (TPSA) is 90.7 Å². The van der Waals surface area contributed by atoms with E-state index in [0.29, 0.717) is 5.82 Å². The molecule has 0 saturated carbocycles. The highest BCUT2D eigenvalue weighted by Crippen LogP contribution is 2.45. The summed E-state index contributed by atoms with van der Waals surface area (Å²) < 4.78 is 0. The van der Waals surface area contributed by atoms with Gasteiger partial charge >= 0.3 is 0 Å². The van der Waals surface area contributed by atoms with Crippen LogP contribution in [0.4, 0.5) is 0 Å². The normalized spacial score (nSPS) is 19.3. The van der Waals surface area contributed by atoms with Crippen LogP contribution in [0.15, 0.2) is 30.1 Å². The predicted octanol–water partition coefficient (Wildman–Crippen LogP) is 3.46. The van der Waals surface area contributed by atoms with Gasteiger partial charge in [-0.3, -0.25) is 4.98 Å². The summed E-state index contributed by atoms with van der Waals surface area (Å²) in [6.07, 6.45) is 9.44. The number of nitrogens with two attached hydrogens (primary N) is 2. The van der Waals surface area contributed by atoms with Crippen LogP contribution >= 0.6 is 11.8 Å². The lowest BCUT2D eigenvalue weighted by Gasteiger charge is -2.19. The highest BCUT2D eigenvalue weighted by Gasteiger charge is 2.30. The van der Waals surface area contributed by atoms with Crippen molar-refractivity contribution in [3.63, 3.8) is 0 Å². The number of aromatic nitrogens is 3. The van der Waals surface area contributed by atoms with Gasteiger partial charge in [-0.1, -0.05) is 6.42 Å². The average Bonchev–Trinajstić information content (AvgIpc) is 2.97. The minimum atomic E-state index is -0.289. The van der Waals surface area contributed by atoms with Crippen molar-refractivity contribution in [2.75, 3.05) is 5.75 Å². The maximum Gasteiger partial charge on any atom is 0.160 e. The zero-order valence-electron chi connectivity index (χ0n) is 15.1. The van der Waals surface area contributed by atoms with Gasteiger partial charge in [0.25, 0.3) is 0 Å². The van der Waals surface area contributed by atoms with E-state index in [2.05, 4.69) is 4.98 Å². The van der Waals surface area contributed by atoms with Crippen molar-refractivity contribution in [2.45, 2.75) is 51.1 Å². The summed E-state index contributed by atoms with van der Waals surface area (Å²) in [6, 6.07) is 3.44. The van der Waals surface area contributed by atoms with Crippen LogP contribution in [0.5, 0.6) is 0 Å². The van der Waals surface area contributed by atoms with E-state index < -0.39 is 0 Å². The van der Waals surface area contributed by atoms with Gasteiger partial charge in [0.2, 0.25) is 0 Å². The summed E-state index contributed by atoms with van der Waals surface area (Å²) in [5.41, 5.74) is 18.2. The van der Waals surface area contributed by atoms with Gasteiger partial charge in [-0.25, -0.2) is 9.97 Å². The van der Waals surface area contributed by atoms with Crippen LogP contribution < -0.4 is 11.5 Å². The van der Waals surface area contributed by atoms with Gasteiger partial charge in [-0.2, -0.15) is 0 Å². The molecule has 0 fully saturated rings. The van der Waals surface area contributed by atoms with E-state index in [9.17, 15) is 0 Å². The monoisotopic (exact) mass is 367 g/mol. The van der Waals surface area contributed by atoms with Crippen molar-refractivity contribution in [1.29, 1.82) is 0 Å². The summed E-state index contributed by atoms with van der Waals surface area (Å²) in [5.74, 6) is 1.87. The highest BCUT2D eigenvalue weighted by molar-refractivity contribution is 8.08. The summed E-state index contributed by atoms with van der Waals surface area (Å²) >= 11 is 1.95. The molecule has 0 bridgehead atoms. The quantitative estimate of drug-likeness (QED) is 0.863. The van der Waals surface area contributed by atoms with E-state index in [4.69, 9.17) is 21.4 Å². The Labute approximate surface area is 158 Å². The maximum atomic E-state index is 6.46. The third-order valence-electron chi connectivity index (χ3n) is 5.16. The first-order valence-electron chi connectivity index (χ1n) is 9.32. The molecule has 5 nitrogen and oxygen atoms in total. The molecule has 0 radical (unpaired) electrons. The Kier molecular flexibility index (Phi) is 5.07. The van der Waals surface area contributed by atoms with Crippen LogP contribution in [0.2, 0.25) is 0 Å². The van der Waals surface area contributed by atoms with Crippen molar-refractivity contribution in [3.05, 3.63) is 47.1 Å². The number of hydrogen-bond acceptors (Lipinski definition) is 6. The summed E-state index contributed by atoms with van der Waals surface area (Å²) in [4.78, 5) is 15.3. The lowest BCUT2D eigenvalue weighted by molar-refractivity contribution is 0.569. The highest BCUT2D eigenvalue weighted by atomic mass is 32.2. The minimum absolute atomic E-state index is 0.157. The second-order valence-electron chi connectivity index (χ2n) is 7.15. The Bertz CT molecular complexity index is 832. The van der Waals surface area contributed by atoms with Crippen LogP contribution in [0.1, 0.15) is 55.6 Å². The van der Waals surface area contributed by atoms with Gasteiger partial charge < -0.3 is 11.5 Å². The van der Waals surface area contributed by atoms with Crippen molar-refractivity contribution >= 4 is 16.7 Å². The first-order chi connectivity index (χ1) is 12.6. The Balaban J connectivity index is 1.86. The SMILES string of the molecule is CC(N)C(N)c1nc(-c2ccncc2)nc2c1CC1=C2SCCCCC1. The molecule has 26 heavy (non-hydrogen) atoms. The molecular formula is C20H25N5S. The van der Waals surface area contributed by atoms with E-state index in [0.717, 1.165) is 35.5 Å². The van der Waals surface area contributed by atoms with Crippen LogP contribution in [0.3, 0.4) is 0 Å². The molecular weight excluding hydrogens is 342 g/mol. The second kappa shape index (κ2) is 7.47. The molecule has 1 aliphatic heterocycles. The zero-order chi connectivity index (χ0) is 18.1. The van der Waals surface area contributed by atoms with E-state index >= 15 is 0 Å². The lowest BCUT2D eigenvalue weighted by Crippen LogP contribution is -2.33. The smallest absolute Gasteiger partial charge is 0.160 e. The fourth-order valence-electron chi connectivity index (χ4n) is 3.64. The molecule has 0 spiro atoms. The largest absolute Gasteiger partial charge is 0.326 e. The van der Waals surface area contributed by atoms with Crippen molar-refractivity contribution in [3.8, 4) is 11.4 Å². The molecule has 6 heteroatoms. The summed E-state index contributed by atoms with van der Waals surface area (Å²) in [6.45, 7) is 1.94. The Morgan fingerprint density at radius 1 is 1.08 bits per heavy atom. The van der Waals surface area contributed by atoms with Crippen LogP contribution in [0.25, 0.3) is 16.3 Å². The van der Waals surface area contributed by atoms with Crippen molar-refractivity contribution < 1.29 is 0 Å². The Morgan fingerprint density at radius 2 is 1.88 bits per heavy atom. The van der Waals surface area contributed by atoms with E-state index in [1.165, 1.54) is 35.3 Å². The van der Waals surface area contributed by atoms with Crippen molar-refractivity contribution in [2.24, 2.45) is 11.5 Å². The molecule has 2 aromatic rings. The fourth-order valence-corrected chi connectivity index (χ4v) is 4.88. The average molecular weight is 368 g/mol. The molecule has 2 unspecified atom stereocenters. The minimum Gasteiger partial charge on any atom is -0.326 e. The Hall–Kier alpha value is -1.76. The molecule has 2 atom stereocenters. The van der Waals surface area contributed by atoms with Gasteiger partial charge in [0.15, 0.2) is 5.82 Å². The van der Waals surface area contributed by atoms with Crippen LogP contribution in [-0.2, 0) is 6.42 Å². The molecule has 4 rings (SSSR count). The number of allylic oxidation sites excluding steroid dienone is 1. The van der Waals surface area contributed by atoms with Gasteiger partial charge in [0.05, 0.1) is 17.4 Å². The molecule has 4 N–H and O–H groups in total. The van der Waals surface area contributed by atoms with Gasteiger partial charge in [-0.15, -0.1) is 11.8 Å². The van der Waals surface area contributed by atoms with Gasteiger partial charge in [0.1, 0.15) is 0 Å². The van der Waals surface area contributed by atoms with E-state index in [1.54, 1.807) is 12.4 Å². The molecule has 3 heterocycles. The predicted molar refractivity (Wildman–Crippen MR) is 107 cm³/mol. The number of fused-ring (bicyclic) bond motifs is 2. The fraction of sp³-hybridized carbons (Fsp3) is 0.450. The first-order valence-corrected chi connectivity index (χ1v) is 10.3. The zero-order valence-corrected chi connectivity index (χ0v) is 15.9. The standard InChI is InChI=1S/C20H25N5S/c1-12(21)16(22)17-15-11-14-5-3-2-4-10-26-19(14)18(15)25-20(24-17)13-6-8-23-9-7-13/h6-9,12,16H,2-5,10-11,21-22H2,1H3. The third-order valence-corrected chi connectivity index (χ3v) is 6.42. The molecule has 1 aliphatic carbocycles. The first kappa shape index (κ1) is 17.6. The lowest BCUT2D eigenvalue weighted by atomic mass is 9.99. The number of pyridine rings is 1. The number of hydrogen-bond donors (Lipinski definition) is 2. The number of rotatable bonds is 3. The Morgan fingerprint density at radius 3 is 2.65 bits per heavy atom.